The van der Waals surface area contributed by atoms with Crippen molar-refractivity contribution < 1.29 is 24.2 Å². The molecule has 0 saturated carbocycles. The van der Waals surface area contributed by atoms with Gasteiger partial charge >= 0.3 is 11.9 Å². The molecule has 0 radical (unpaired) electrons. The van der Waals surface area contributed by atoms with Crippen LogP contribution in [0.15, 0.2) is 35.2 Å². The van der Waals surface area contributed by atoms with Gasteiger partial charge in [0.1, 0.15) is 12.1 Å². The van der Waals surface area contributed by atoms with E-state index in [4.69, 9.17) is 10.5 Å². The lowest BCUT2D eigenvalue weighted by atomic mass is 10.1. The number of carbonyl (C=O) groups is 3. The number of benzene rings is 1. The quantitative estimate of drug-likeness (QED) is 0.236. The van der Waals surface area contributed by atoms with Crippen molar-refractivity contribution in [2.75, 3.05) is 25.4 Å². The number of amides is 1. The number of likely N-dealkylation sites (tertiary alicyclic amines) is 1. The molecule has 1 saturated heterocycles. The highest BCUT2D eigenvalue weighted by molar-refractivity contribution is 7.99. The fraction of sp³-hybridized carbons (Fsp3) is 0.591. The number of rotatable bonds is 13. The highest BCUT2D eigenvalue weighted by Gasteiger charge is 2.38. The maximum absolute atomic E-state index is 13.3. The number of carboxylic acid groups (broad SMARTS) is 1. The number of carbonyl (C=O) groups excluding carboxylic acids is 2. The molecule has 9 heteroatoms. The van der Waals surface area contributed by atoms with Crippen LogP contribution in [0.3, 0.4) is 0 Å². The molecule has 3 atom stereocenters. The second-order valence-corrected chi connectivity index (χ2v) is 8.55. The van der Waals surface area contributed by atoms with Crippen molar-refractivity contribution >= 4 is 29.6 Å². The Kier molecular flexibility index (Phi) is 10.8. The van der Waals surface area contributed by atoms with E-state index in [1.807, 2.05) is 30.3 Å². The lowest BCUT2D eigenvalue weighted by Crippen LogP contribution is -2.55. The van der Waals surface area contributed by atoms with E-state index in [0.717, 1.165) is 11.3 Å². The summed E-state index contributed by atoms with van der Waals surface area (Å²) in [5, 5.41) is 12.7. The minimum atomic E-state index is -0.992. The first-order chi connectivity index (χ1) is 15.0. The molecule has 0 bridgehead atoms. The Morgan fingerprint density at radius 2 is 2.00 bits per heavy atom. The molecular weight excluding hydrogens is 418 g/mol. The number of nitrogens with zero attached hydrogens (tertiary/aromatic N) is 1. The fourth-order valence-electron chi connectivity index (χ4n) is 3.62. The summed E-state index contributed by atoms with van der Waals surface area (Å²) in [6.07, 6.45) is 3.03. The van der Waals surface area contributed by atoms with Crippen LogP contribution in [-0.2, 0) is 19.1 Å². The number of nitrogens with two attached hydrogens (primary N) is 1. The van der Waals surface area contributed by atoms with Crippen LogP contribution < -0.4 is 11.1 Å². The van der Waals surface area contributed by atoms with Crippen LogP contribution in [0.5, 0.6) is 0 Å². The number of nitrogens with one attached hydrogen (secondary N) is 1. The van der Waals surface area contributed by atoms with Crippen LogP contribution in [0.4, 0.5) is 0 Å². The Labute approximate surface area is 187 Å². The maximum atomic E-state index is 13.3. The van der Waals surface area contributed by atoms with E-state index in [-0.39, 0.29) is 12.5 Å². The molecule has 8 nitrogen and oxygen atoms in total. The Morgan fingerprint density at radius 1 is 1.26 bits per heavy atom. The zero-order chi connectivity index (χ0) is 22.6. The largest absolute Gasteiger partial charge is 0.480 e. The molecule has 1 aliphatic heterocycles. The zero-order valence-electron chi connectivity index (χ0n) is 18.0. The summed E-state index contributed by atoms with van der Waals surface area (Å²) >= 11 is 1.50. The summed E-state index contributed by atoms with van der Waals surface area (Å²) in [4.78, 5) is 39.9. The van der Waals surface area contributed by atoms with Gasteiger partial charge in [-0.15, -0.1) is 11.8 Å². The summed E-state index contributed by atoms with van der Waals surface area (Å²) in [5.41, 5.74) is 5.60. The lowest BCUT2D eigenvalue weighted by Gasteiger charge is -2.29. The first-order valence-electron chi connectivity index (χ1n) is 10.8. The molecule has 1 aromatic carbocycles. The third-order valence-electron chi connectivity index (χ3n) is 5.20. The SMILES string of the molecule is CCOC(=O)C(CSc1ccccc1)N[C@@H](CCCCN)C(=O)N1CCC[C@H]1C(=O)O. The Morgan fingerprint density at radius 3 is 2.65 bits per heavy atom. The van der Waals surface area contributed by atoms with E-state index in [1.54, 1.807) is 6.92 Å². The average Bonchev–Trinajstić information content (AvgIpc) is 3.26. The average molecular weight is 452 g/mol. The van der Waals surface area contributed by atoms with Gasteiger partial charge in [-0.25, -0.2) is 4.79 Å². The van der Waals surface area contributed by atoms with E-state index in [9.17, 15) is 19.5 Å². The van der Waals surface area contributed by atoms with Gasteiger partial charge in [-0.3, -0.25) is 14.9 Å². The van der Waals surface area contributed by atoms with Gasteiger partial charge in [-0.05, 0) is 51.3 Å². The van der Waals surface area contributed by atoms with Crippen molar-refractivity contribution in [3.8, 4) is 0 Å². The normalized spacial score (nSPS) is 17.9. The van der Waals surface area contributed by atoms with Crippen molar-refractivity contribution in [2.45, 2.75) is 62.0 Å². The number of carboxylic acids is 1. The highest BCUT2D eigenvalue weighted by atomic mass is 32.2. The minimum Gasteiger partial charge on any atom is -0.480 e. The fourth-order valence-corrected chi connectivity index (χ4v) is 4.57. The number of aliphatic carboxylic acids is 1. The monoisotopic (exact) mass is 451 g/mol. The Balaban J connectivity index is 2.14. The van der Waals surface area contributed by atoms with Crippen molar-refractivity contribution in [3.63, 3.8) is 0 Å². The van der Waals surface area contributed by atoms with Crippen molar-refractivity contribution in [1.82, 2.24) is 10.2 Å². The molecule has 4 N–H and O–H groups in total. The molecular formula is C22H33N3O5S. The van der Waals surface area contributed by atoms with Gasteiger partial charge in [0.25, 0.3) is 0 Å². The van der Waals surface area contributed by atoms with Crippen LogP contribution in [0.2, 0.25) is 0 Å². The summed E-state index contributed by atoms with van der Waals surface area (Å²) in [5.74, 6) is -1.29. The summed E-state index contributed by atoms with van der Waals surface area (Å²) in [6, 6.07) is 7.51. The van der Waals surface area contributed by atoms with Crippen LogP contribution in [-0.4, -0.2) is 71.4 Å². The number of hydrogen-bond acceptors (Lipinski definition) is 7. The van der Waals surface area contributed by atoms with Gasteiger partial charge in [-0.2, -0.15) is 0 Å². The van der Waals surface area contributed by atoms with E-state index in [0.29, 0.717) is 44.5 Å². The molecule has 1 unspecified atom stereocenters. The predicted molar refractivity (Wildman–Crippen MR) is 120 cm³/mol. The second kappa shape index (κ2) is 13.3. The summed E-state index contributed by atoms with van der Waals surface area (Å²) in [6.45, 7) is 2.90. The number of esters is 1. The van der Waals surface area contributed by atoms with Gasteiger partial charge in [0.2, 0.25) is 5.91 Å². The third kappa shape index (κ3) is 7.83. The summed E-state index contributed by atoms with van der Waals surface area (Å²) in [7, 11) is 0. The molecule has 1 aromatic rings. The smallest absolute Gasteiger partial charge is 0.326 e. The molecule has 31 heavy (non-hydrogen) atoms. The zero-order valence-corrected chi connectivity index (χ0v) is 18.8. The third-order valence-corrected chi connectivity index (χ3v) is 6.30. The molecule has 172 valence electrons. The second-order valence-electron chi connectivity index (χ2n) is 7.46. The number of hydrogen-bond donors (Lipinski definition) is 3. The van der Waals surface area contributed by atoms with Gasteiger partial charge in [-0.1, -0.05) is 24.6 Å². The number of unbranched alkanes of at least 4 members (excludes halogenated alkanes) is 1. The lowest BCUT2D eigenvalue weighted by molar-refractivity contribution is -0.150. The summed E-state index contributed by atoms with van der Waals surface area (Å²) < 4.78 is 5.23. The maximum Gasteiger partial charge on any atom is 0.326 e. The molecule has 0 aromatic heterocycles. The molecule has 2 rings (SSSR count). The first-order valence-corrected chi connectivity index (χ1v) is 11.8. The van der Waals surface area contributed by atoms with Crippen molar-refractivity contribution in [3.05, 3.63) is 30.3 Å². The standard InChI is InChI=1S/C22H33N3O5S/c1-2-30-22(29)18(15-31-16-9-4-3-5-10-16)24-17(11-6-7-13-23)20(26)25-14-8-12-19(25)21(27)28/h3-5,9-10,17-19,24H,2,6-8,11-15,23H2,1H3,(H,27,28)/t17-,18?,19-/m0/s1. The molecule has 1 fully saturated rings. The van der Waals surface area contributed by atoms with Gasteiger partial charge in [0, 0.05) is 17.2 Å². The van der Waals surface area contributed by atoms with E-state index in [2.05, 4.69) is 5.32 Å². The van der Waals surface area contributed by atoms with Crippen LogP contribution in [0.1, 0.15) is 39.0 Å². The Hall–Kier alpha value is -2.10. The van der Waals surface area contributed by atoms with Crippen LogP contribution in [0, 0.1) is 0 Å². The molecule has 1 amide bonds. The highest BCUT2D eigenvalue weighted by Crippen LogP contribution is 2.22. The van der Waals surface area contributed by atoms with Gasteiger partial charge in [0.05, 0.1) is 12.6 Å². The van der Waals surface area contributed by atoms with E-state index in [1.165, 1.54) is 16.7 Å². The van der Waals surface area contributed by atoms with E-state index >= 15 is 0 Å². The first kappa shape index (κ1) is 25.2. The van der Waals surface area contributed by atoms with Crippen LogP contribution in [0.25, 0.3) is 0 Å². The number of thioether (sulfide) groups is 1. The topological polar surface area (TPSA) is 122 Å². The molecule has 0 aliphatic carbocycles. The van der Waals surface area contributed by atoms with Gasteiger partial charge < -0.3 is 20.5 Å². The molecule has 0 spiro atoms. The van der Waals surface area contributed by atoms with Gasteiger partial charge in [0.15, 0.2) is 0 Å². The minimum absolute atomic E-state index is 0.242. The van der Waals surface area contributed by atoms with Crippen molar-refractivity contribution in [2.24, 2.45) is 5.73 Å². The van der Waals surface area contributed by atoms with Crippen molar-refractivity contribution in [1.29, 1.82) is 0 Å². The van der Waals surface area contributed by atoms with Crippen LogP contribution >= 0.6 is 11.8 Å². The predicted octanol–water partition coefficient (Wildman–Crippen LogP) is 1.87. The van der Waals surface area contributed by atoms with E-state index < -0.39 is 30.1 Å². The molecule has 1 heterocycles. The molecule has 1 aliphatic rings. The Bertz CT molecular complexity index is 718. The number of ether oxygens (including phenoxy) is 1.